The van der Waals surface area contributed by atoms with Crippen molar-refractivity contribution in [1.82, 2.24) is 20.2 Å². The zero-order chi connectivity index (χ0) is 19.4. The molecule has 27 heavy (non-hydrogen) atoms. The summed E-state index contributed by atoms with van der Waals surface area (Å²) in [5.74, 6) is -0.296. The van der Waals surface area contributed by atoms with Gasteiger partial charge < -0.3 is 15.4 Å². The lowest BCUT2D eigenvalue weighted by Crippen LogP contribution is -2.12. The molecule has 3 rings (SSSR count). The van der Waals surface area contributed by atoms with Crippen molar-refractivity contribution < 1.29 is 17.5 Å². The minimum absolute atomic E-state index is 0.131. The second-order valence-corrected chi connectivity index (χ2v) is 7.16. The normalized spacial score (nSPS) is 11.1. The number of H-pyrrole nitrogens is 1. The van der Waals surface area contributed by atoms with Gasteiger partial charge in [0.05, 0.1) is 42.8 Å². The lowest BCUT2D eigenvalue weighted by molar-refractivity contribution is 0.415. The molecule has 1 aromatic carbocycles. The number of benzene rings is 1. The number of nitrogens with zero attached hydrogens (tertiary/aromatic N) is 3. The predicted molar refractivity (Wildman–Crippen MR) is 98.6 cm³/mol. The molecule has 0 aliphatic rings. The van der Waals surface area contributed by atoms with E-state index in [9.17, 15) is 12.8 Å². The fourth-order valence-electron chi connectivity index (χ4n) is 2.13. The Morgan fingerprint density at radius 3 is 2.67 bits per heavy atom. The van der Waals surface area contributed by atoms with Crippen LogP contribution in [0.25, 0.3) is 0 Å². The molecular weight excluding hydrogens is 377 g/mol. The smallest absolute Gasteiger partial charge is 0.229 e. The van der Waals surface area contributed by atoms with Gasteiger partial charge >= 0.3 is 0 Å². The monoisotopic (exact) mass is 393 g/mol. The van der Waals surface area contributed by atoms with Crippen molar-refractivity contribution in [3.63, 3.8) is 0 Å². The van der Waals surface area contributed by atoms with Crippen LogP contribution in [0.2, 0.25) is 0 Å². The molecule has 0 saturated heterocycles. The van der Waals surface area contributed by atoms with Crippen molar-refractivity contribution >= 4 is 38.9 Å². The van der Waals surface area contributed by atoms with Crippen molar-refractivity contribution in [2.75, 3.05) is 28.7 Å². The first-order chi connectivity index (χ1) is 12.8. The Hall–Kier alpha value is -3.41. The van der Waals surface area contributed by atoms with Crippen molar-refractivity contribution in [2.45, 2.75) is 0 Å². The van der Waals surface area contributed by atoms with E-state index in [1.54, 1.807) is 12.3 Å². The highest BCUT2D eigenvalue weighted by Crippen LogP contribution is 2.31. The van der Waals surface area contributed by atoms with Gasteiger partial charge in [0, 0.05) is 12.3 Å². The van der Waals surface area contributed by atoms with E-state index in [-0.39, 0.29) is 23.1 Å². The molecule has 0 radical (unpaired) electrons. The number of hydrogen-bond acceptors (Lipinski definition) is 8. The summed E-state index contributed by atoms with van der Waals surface area (Å²) in [5.41, 5.74) is 1.06. The maximum atomic E-state index is 14.2. The average molecular weight is 393 g/mol. The summed E-state index contributed by atoms with van der Waals surface area (Å²) in [6.45, 7) is 0. The zero-order valence-corrected chi connectivity index (χ0v) is 15.1. The second kappa shape index (κ2) is 7.45. The summed E-state index contributed by atoms with van der Waals surface area (Å²) in [7, 11) is -2.12. The van der Waals surface area contributed by atoms with Crippen LogP contribution in [0.5, 0.6) is 5.75 Å². The lowest BCUT2D eigenvalue weighted by Gasteiger charge is -2.14. The van der Waals surface area contributed by atoms with Crippen LogP contribution < -0.4 is 20.1 Å². The highest BCUT2D eigenvalue weighted by atomic mass is 32.2. The number of nitrogens with one attached hydrogen (secondary N) is 4. The van der Waals surface area contributed by atoms with Crippen LogP contribution in [-0.4, -0.2) is 41.9 Å². The summed E-state index contributed by atoms with van der Waals surface area (Å²) < 4.78 is 44.8. The van der Waals surface area contributed by atoms with Gasteiger partial charge in [0.1, 0.15) is 5.75 Å². The number of ether oxygens (including phenoxy) is 1. The first kappa shape index (κ1) is 18.4. The van der Waals surface area contributed by atoms with Gasteiger partial charge in [0.25, 0.3) is 0 Å². The third-order valence-electron chi connectivity index (χ3n) is 3.27. The molecular formula is C15H16FN7O3S. The Kier molecular flexibility index (Phi) is 5.07. The molecule has 142 valence electrons. The first-order valence-electron chi connectivity index (χ1n) is 7.55. The van der Waals surface area contributed by atoms with Crippen molar-refractivity contribution in [2.24, 2.45) is 0 Å². The molecule has 0 atom stereocenters. The number of sulfonamides is 1. The van der Waals surface area contributed by atoms with E-state index in [1.807, 2.05) is 0 Å². The minimum Gasteiger partial charge on any atom is -0.497 e. The van der Waals surface area contributed by atoms with Gasteiger partial charge in [-0.3, -0.25) is 9.82 Å². The van der Waals surface area contributed by atoms with E-state index in [0.29, 0.717) is 11.4 Å². The Balaban J connectivity index is 1.92. The number of methoxy groups -OCH3 is 1. The molecule has 0 bridgehead atoms. The van der Waals surface area contributed by atoms with Crippen LogP contribution in [0.3, 0.4) is 0 Å². The minimum atomic E-state index is -3.56. The maximum absolute atomic E-state index is 14.2. The number of aromatic amines is 1. The second-order valence-electron chi connectivity index (χ2n) is 5.41. The van der Waals surface area contributed by atoms with E-state index in [2.05, 4.69) is 35.5 Å². The van der Waals surface area contributed by atoms with Crippen LogP contribution in [0.1, 0.15) is 0 Å². The molecule has 4 N–H and O–H groups in total. The highest BCUT2D eigenvalue weighted by molar-refractivity contribution is 7.92. The number of anilines is 5. The summed E-state index contributed by atoms with van der Waals surface area (Å²) >= 11 is 0. The Labute approximate surface area is 154 Å². The van der Waals surface area contributed by atoms with E-state index in [0.717, 1.165) is 12.5 Å². The van der Waals surface area contributed by atoms with E-state index in [4.69, 9.17) is 4.74 Å². The Bertz CT molecular complexity index is 1040. The molecule has 0 unspecified atom stereocenters. The standard InChI is InChI=1S/C15H16FN7O3S/c1-26-10-3-4-12(13(5-10)23-27(2,24)25)21-14-11(16)8-17-15(22-14)20-9-6-18-19-7-9/h3-8,23H,1-2H3,(H,18,19)(H2,17,20,21,22). The fraction of sp³-hybridized carbons (Fsp3) is 0.133. The Morgan fingerprint density at radius 2 is 2.00 bits per heavy atom. The summed E-state index contributed by atoms with van der Waals surface area (Å²) in [6, 6.07) is 4.60. The molecule has 0 aliphatic heterocycles. The van der Waals surface area contributed by atoms with Gasteiger partial charge in [-0.2, -0.15) is 10.1 Å². The molecule has 2 heterocycles. The molecule has 0 aliphatic carbocycles. The van der Waals surface area contributed by atoms with Crippen LogP contribution >= 0.6 is 0 Å². The molecule has 0 fully saturated rings. The fourth-order valence-corrected chi connectivity index (χ4v) is 2.70. The van der Waals surface area contributed by atoms with E-state index < -0.39 is 15.8 Å². The first-order valence-corrected chi connectivity index (χ1v) is 9.44. The van der Waals surface area contributed by atoms with Crippen LogP contribution in [0.15, 0.2) is 36.8 Å². The molecule has 12 heteroatoms. The topological polar surface area (TPSA) is 134 Å². The van der Waals surface area contributed by atoms with Crippen LogP contribution in [0, 0.1) is 5.82 Å². The lowest BCUT2D eigenvalue weighted by atomic mass is 10.2. The SMILES string of the molecule is COc1ccc(Nc2nc(Nc3cn[nH]c3)ncc2F)c(NS(C)(=O)=O)c1. The third kappa shape index (κ3) is 4.82. The quantitative estimate of drug-likeness (QED) is 0.480. The van der Waals surface area contributed by atoms with Crippen molar-refractivity contribution in [3.8, 4) is 5.75 Å². The number of aromatic nitrogens is 4. The maximum Gasteiger partial charge on any atom is 0.229 e. The molecule has 0 spiro atoms. The predicted octanol–water partition coefficient (Wildman–Crippen LogP) is 2.21. The molecule has 10 nitrogen and oxygen atoms in total. The van der Waals surface area contributed by atoms with Gasteiger partial charge in [0.2, 0.25) is 16.0 Å². The molecule has 0 amide bonds. The highest BCUT2D eigenvalue weighted by Gasteiger charge is 2.13. The van der Waals surface area contributed by atoms with Crippen LogP contribution in [0.4, 0.5) is 33.2 Å². The Morgan fingerprint density at radius 1 is 1.19 bits per heavy atom. The number of halogens is 1. The summed E-state index contributed by atoms with van der Waals surface area (Å²) in [4.78, 5) is 7.92. The van der Waals surface area contributed by atoms with Gasteiger partial charge in [-0.25, -0.2) is 17.8 Å². The van der Waals surface area contributed by atoms with Crippen LogP contribution in [-0.2, 0) is 10.0 Å². The largest absolute Gasteiger partial charge is 0.497 e. The van der Waals surface area contributed by atoms with Crippen molar-refractivity contribution in [3.05, 3.63) is 42.6 Å². The van der Waals surface area contributed by atoms with E-state index >= 15 is 0 Å². The molecule has 3 aromatic rings. The van der Waals surface area contributed by atoms with Gasteiger partial charge in [-0.15, -0.1) is 0 Å². The van der Waals surface area contributed by atoms with Crippen molar-refractivity contribution in [1.29, 1.82) is 0 Å². The van der Waals surface area contributed by atoms with Gasteiger partial charge in [-0.05, 0) is 12.1 Å². The number of hydrogen-bond donors (Lipinski definition) is 4. The molecule has 0 saturated carbocycles. The molecule has 2 aromatic heterocycles. The third-order valence-corrected chi connectivity index (χ3v) is 3.86. The zero-order valence-electron chi connectivity index (χ0n) is 14.3. The number of rotatable bonds is 7. The summed E-state index contributed by atoms with van der Waals surface area (Å²) in [6.07, 6.45) is 5.09. The summed E-state index contributed by atoms with van der Waals surface area (Å²) in [5, 5.41) is 12.0. The average Bonchev–Trinajstić information content (AvgIpc) is 3.11. The van der Waals surface area contributed by atoms with E-state index in [1.165, 1.54) is 25.4 Å². The van der Waals surface area contributed by atoms with Gasteiger partial charge in [-0.1, -0.05) is 0 Å². The van der Waals surface area contributed by atoms with Gasteiger partial charge in [0.15, 0.2) is 11.6 Å².